The van der Waals surface area contributed by atoms with Crippen LogP contribution in [0.1, 0.15) is 28.3 Å². The fraction of sp³-hybridized carbons (Fsp3) is 0.235. The fourth-order valence-corrected chi connectivity index (χ4v) is 2.06. The van der Waals surface area contributed by atoms with E-state index in [4.69, 9.17) is 9.15 Å². The molecule has 7 heteroatoms. The summed E-state index contributed by atoms with van der Waals surface area (Å²) >= 11 is 0. The summed E-state index contributed by atoms with van der Waals surface area (Å²) < 4.78 is 27.9. The number of ketones is 2. The molecule has 0 aliphatic rings. The molecule has 0 N–H and O–H groups in total. The summed E-state index contributed by atoms with van der Waals surface area (Å²) in [5, 5.41) is 0. The standard InChI is InChI=1S/C17H15FO6/c1-22-16-8-10(3-5-12(16)18)7-11-4-6-15(24-11)13(19)9-14(20)17(21)23-2/h3-6,8H,7,9H2,1-2H3. The average Bonchev–Trinajstić information content (AvgIpc) is 3.04. The first-order valence-electron chi connectivity index (χ1n) is 7.00. The van der Waals surface area contributed by atoms with Crippen LogP contribution in [0, 0.1) is 5.82 Å². The maximum Gasteiger partial charge on any atom is 0.374 e. The van der Waals surface area contributed by atoms with E-state index in [1.54, 1.807) is 12.1 Å². The zero-order chi connectivity index (χ0) is 17.7. The molecule has 0 bridgehead atoms. The van der Waals surface area contributed by atoms with E-state index in [1.807, 2.05) is 0 Å². The van der Waals surface area contributed by atoms with Crippen LogP contribution in [0.2, 0.25) is 0 Å². The molecule has 0 fully saturated rings. The van der Waals surface area contributed by atoms with Gasteiger partial charge in [0.25, 0.3) is 0 Å². The third kappa shape index (κ3) is 4.07. The van der Waals surface area contributed by atoms with E-state index in [9.17, 15) is 18.8 Å². The molecule has 0 aliphatic carbocycles. The van der Waals surface area contributed by atoms with Crippen LogP contribution in [-0.4, -0.2) is 31.8 Å². The molecule has 2 rings (SSSR count). The van der Waals surface area contributed by atoms with Crippen LogP contribution in [-0.2, 0) is 20.7 Å². The highest BCUT2D eigenvalue weighted by atomic mass is 19.1. The number of hydrogen-bond acceptors (Lipinski definition) is 6. The minimum Gasteiger partial charge on any atom is -0.494 e. The third-order valence-corrected chi connectivity index (χ3v) is 3.26. The van der Waals surface area contributed by atoms with Gasteiger partial charge in [-0.3, -0.25) is 9.59 Å². The normalized spacial score (nSPS) is 10.3. The quantitative estimate of drug-likeness (QED) is 0.334. The number of carbonyl (C=O) groups excluding carboxylic acids is 3. The molecule has 0 aliphatic heterocycles. The van der Waals surface area contributed by atoms with Gasteiger partial charge in [-0.15, -0.1) is 0 Å². The number of rotatable bonds is 7. The van der Waals surface area contributed by atoms with Gasteiger partial charge >= 0.3 is 5.97 Å². The predicted octanol–water partition coefficient (Wildman–Crippen LogP) is 2.33. The number of carbonyl (C=O) groups is 3. The molecule has 2 aromatic rings. The first-order valence-corrected chi connectivity index (χ1v) is 7.00. The van der Waals surface area contributed by atoms with Crippen molar-refractivity contribution in [1.29, 1.82) is 0 Å². The van der Waals surface area contributed by atoms with Gasteiger partial charge in [-0.1, -0.05) is 6.07 Å². The van der Waals surface area contributed by atoms with Gasteiger partial charge < -0.3 is 13.9 Å². The molecule has 1 heterocycles. The van der Waals surface area contributed by atoms with Crippen LogP contribution in [0.15, 0.2) is 34.7 Å². The average molecular weight is 334 g/mol. The van der Waals surface area contributed by atoms with Gasteiger partial charge in [-0.25, -0.2) is 9.18 Å². The van der Waals surface area contributed by atoms with Crippen molar-refractivity contribution < 1.29 is 32.7 Å². The molecule has 0 spiro atoms. The van der Waals surface area contributed by atoms with E-state index in [0.717, 1.165) is 12.7 Å². The monoisotopic (exact) mass is 334 g/mol. The Morgan fingerprint density at radius 2 is 1.88 bits per heavy atom. The number of esters is 1. The van der Waals surface area contributed by atoms with E-state index >= 15 is 0 Å². The molecule has 0 unspecified atom stereocenters. The van der Waals surface area contributed by atoms with Crippen molar-refractivity contribution in [3.63, 3.8) is 0 Å². The lowest BCUT2D eigenvalue weighted by Gasteiger charge is -2.04. The lowest BCUT2D eigenvalue weighted by atomic mass is 10.1. The van der Waals surface area contributed by atoms with Crippen LogP contribution >= 0.6 is 0 Å². The minimum absolute atomic E-state index is 0.0312. The zero-order valence-electron chi connectivity index (χ0n) is 13.1. The second-order valence-electron chi connectivity index (χ2n) is 4.93. The first-order chi connectivity index (χ1) is 11.4. The number of halogens is 1. The van der Waals surface area contributed by atoms with Crippen molar-refractivity contribution in [2.24, 2.45) is 0 Å². The highest BCUT2D eigenvalue weighted by Crippen LogP contribution is 2.21. The lowest BCUT2D eigenvalue weighted by molar-refractivity contribution is -0.151. The second kappa shape index (κ2) is 7.54. The van der Waals surface area contributed by atoms with Gasteiger partial charge in [0, 0.05) is 6.42 Å². The Bertz CT molecular complexity index is 777. The Morgan fingerprint density at radius 3 is 2.54 bits per heavy atom. The summed E-state index contributed by atoms with van der Waals surface area (Å²) in [4.78, 5) is 34.3. The summed E-state index contributed by atoms with van der Waals surface area (Å²) in [7, 11) is 2.43. The Labute approximate surface area is 137 Å². The van der Waals surface area contributed by atoms with Crippen LogP contribution in [0.3, 0.4) is 0 Å². The van der Waals surface area contributed by atoms with Crippen molar-refractivity contribution >= 4 is 17.5 Å². The Balaban J connectivity index is 2.06. The van der Waals surface area contributed by atoms with Crippen LogP contribution < -0.4 is 4.74 Å². The molecular formula is C17H15FO6. The third-order valence-electron chi connectivity index (χ3n) is 3.26. The highest BCUT2D eigenvalue weighted by molar-refractivity contribution is 6.37. The van der Waals surface area contributed by atoms with E-state index in [-0.39, 0.29) is 11.5 Å². The number of Topliss-reactive ketones (excluding diaryl/α,β-unsaturated/α-hetero) is 2. The lowest BCUT2D eigenvalue weighted by Crippen LogP contribution is -2.19. The van der Waals surface area contributed by atoms with Gasteiger partial charge in [0.05, 0.1) is 20.6 Å². The number of hydrogen-bond donors (Lipinski definition) is 0. The predicted molar refractivity (Wildman–Crippen MR) is 80.4 cm³/mol. The van der Waals surface area contributed by atoms with Crippen LogP contribution in [0.25, 0.3) is 0 Å². The largest absolute Gasteiger partial charge is 0.494 e. The number of benzene rings is 1. The summed E-state index contributed by atoms with van der Waals surface area (Å²) in [5.74, 6) is -2.57. The Hall–Kier alpha value is -2.96. The summed E-state index contributed by atoms with van der Waals surface area (Å²) in [6, 6.07) is 7.37. The van der Waals surface area contributed by atoms with Crippen molar-refractivity contribution in [1.82, 2.24) is 0 Å². The maximum atomic E-state index is 13.4. The van der Waals surface area contributed by atoms with E-state index < -0.39 is 29.8 Å². The molecule has 0 atom stereocenters. The first kappa shape index (κ1) is 17.4. The number of ether oxygens (including phenoxy) is 2. The molecular weight excluding hydrogens is 319 g/mol. The van der Waals surface area contributed by atoms with Crippen LogP contribution in [0.5, 0.6) is 5.75 Å². The van der Waals surface area contributed by atoms with Crippen molar-refractivity contribution in [2.75, 3.05) is 14.2 Å². The summed E-state index contributed by atoms with van der Waals surface area (Å²) in [6.45, 7) is 0. The molecule has 0 radical (unpaired) electrons. The molecule has 0 saturated heterocycles. The molecule has 6 nitrogen and oxygen atoms in total. The zero-order valence-corrected chi connectivity index (χ0v) is 13.1. The Morgan fingerprint density at radius 1 is 1.12 bits per heavy atom. The van der Waals surface area contributed by atoms with Crippen LogP contribution in [0.4, 0.5) is 4.39 Å². The highest BCUT2D eigenvalue weighted by Gasteiger charge is 2.21. The van der Waals surface area contributed by atoms with Crippen molar-refractivity contribution in [3.8, 4) is 5.75 Å². The minimum atomic E-state index is -1.08. The topological polar surface area (TPSA) is 82.8 Å². The van der Waals surface area contributed by atoms with Gasteiger partial charge in [-0.2, -0.15) is 0 Å². The van der Waals surface area contributed by atoms with Gasteiger partial charge in [-0.05, 0) is 29.8 Å². The van der Waals surface area contributed by atoms with E-state index in [0.29, 0.717) is 12.2 Å². The molecule has 1 aromatic heterocycles. The van der Waals surface area contributed by atoms with Gasteiger partial charge in [0.2, 0.25) is 11.6 Å². The van der Waals surface area contributed by atoms with Gasteiger partial charge in [0.1, 0.15) is 5.76 Å². The number of furan rings is 1. The maximum absolute atomic E-state index is 13.4. The van der Waals surface area contributed by atoms with E-state index in [1.165, 1.54) is 25.3 Å². The number of methoxy groups -OCH3 is 2. The Kier molecular flexibility index (Phi) is 5.47. The van der Waals surface area contributed by atoms with E-state index in [2.05, 4.69) is 4.74 Å². The second-order valence-corrected chi connectivity index (χ2v) is 4.93. The summed E-state index contributed by atoms with van der Waals surface area (Å²) in [5.41, 5.74) is 0.729. The van der Waals surface area contributed by atoms with Crippen molar-refractivity contribution in [2.45, 2.75) is 12.8 Å². The molecule has 24 heavy (non-hydrogen) atoms. The fourth-order valence-electron chi connectivity index (χ4n) is 2.06. The molecule has 0 amide bonds. The molecule has 126 valence electrons. The van der Waals surface area contributed by atoms with Crippen molar-refractivity contribution in [3.05, 3.63) is 53.2 Å². The summed E-state index contributed by atoms with van der Waals surface area (Å²) in [6.07, 6.45) is -0.307. The van der Waals surface area contributed by atoms with Gasteiger partial charge in [0.15, 0.2) is 17.3 Å². The SMILES string of the molecule is COC(=O)C(=O)CC(=O)c1ccc(Cc2ccc(F)c(OC)c2)o1. The molecule has 0 saturated carbocycles. The smallest absolute Gasteiger partial charge is 0.374 e. The molecule has 1 aromatic carbocycles.